The van der Waals surface area contributed by atoms with Crippen molar-refractivity contribution in [3.8, 4) is 0 Å². The van der Waals surface area contributed by atoms with Gasteiger partial charge in [0.25, 0.3) is 0 Å². The average Bonchev–Trinajstić information content (AvgIpc) is 2.42. The van der Waals surface area contributed by atoms with E-state index in [0.717, 1.165) is 0 Å². The van der Waals surface area contributed by atoms with E-state index in [0.29, 0.717) is 6.42 Å². The average molecular weight is 330 g/mol. The number of primary amides is 1. The Kier molecular flexibility index (Phi) is 6.51. The first-order valence-electron chi connectivity index (χ1n) is 7.26. The first-order valence-corrected chi connectivity index (χ1v) is 7.26. The topological polar surface area (TPSA) is 193 Å². The van der Waals surface area contributed by atoms with Crippen molar-refractivity contribution in [1.82, 2.24) is 4.90 Å². The molecule has 0 aliphatic carbocycles. The minimum atomic E-state index is -1.65. The van der Waals surface area contributed by atoms with E-state index >= 15 is 0 Å². The van der Waals surface area contributed by atoms with E-state index in [1.165, 1.54) is 4.90 Å². The number of piperidine rings is 1. The van der Waals surface area contributed by atoms with Crippen molar-refractivity contribution >= 4 is 24.9 Å². The summed E-state index contributed by atoms with van der Waals surface area (Å²) < 4.78 is 0. The van der Waals surface area contributed by atoms with Crippen molar-refractivity contribution < 1.29 is 29.5 Å². The van der Waals surface area contributed by atoms with Gasteiger partial charge in [0.05, 0.1) is 12.5 Å². The maximum atomic E-state index is 12.3. The number of carbonyl (C=O) groups is 3. The van der Waals surface area contributed by atoms with Gasteiger partial charge >= 0.3 is 13.1 Å². The van der Waals surface area contributed by atoms with Gasteiger partial charge in [-0.15, -0.1) is 0 Å². The van der Waals surface area contributed by atoms with Gasteiger partial charge in [-0.05, 0) is 18.7 Å². The van der Waals surface area contributed by atoms with Crippen LogP contribution >= 0.6 is 0 Å². The number of nitrogens with zero attached hydrogens (tertiary/aromatic N) is 1. The fourth-order valence-corrected chi connectivity index (χ4v) is 2.80. The minimum Gasteiger partial charge on any atom is -0.480 e. The van der Waals surface area contributed by atoms with Gasteiger partial charge in [-0.2, -0.15) is 0 Å². The number of likely N-dealkylation sites (tertiary alicyclic amines) is 1. The van der Waals surface area contributed by atoms with Crippen LogP contribution < -0.4 is 17.2 Å². The predicted octanol–water partition coefficient (Wildman–Crippen LogP) is -3.32. The molecule has 0 saturated carbocycles. The lowest BCUT2D eigenvalue weighted by atomic mass is 9.75. The third-order valence-electron chi connectivity index (χ3n) is 3.91. The molecule has 0 unspecified atom stereocenters. The van der Waals surface area contributed by atoms with Crippen LogP contribution in [0.1, 0.15) is 19.3 Å². The van der Waals surface area contributed by atoms with Gasteiger partial charge in [-0.1, -0.05) is 6.42 Å². The van der Waals surface area contributed by atoms with E-state index in [1.54, 1.807) is 0 Å². The SMILES string of the molecule is NC(=O)C[C@H](N)C(=O)N1C[C@@H](CCB(O)O)C[C@](N)(C(=O)O)C1. The van der Waals surface area contributed by atoms with Crippen LogP contribution in [0.3, 0.4) is 0 Å². The highest BCUT2D eigenvalue weighted by atomic mass is 16.4. The summed E-state index contributed by atoms with van der Waals surface area (Å²) in [5, 5.41) is 27.2. The fourth-order valence-electron chi connectivity index (χ4n) is 2.80. The minimum absolute atomic E-state index is 0.0374. The molecule has 1 aliphatic rings. The number of aliphatic carboxylic acids is 1. The Labute approximate surface area is 133 Å². The maximum Gasteiger partial charge on any atom is 0.451 e. The third kappa shape index (κ3) is 5.46. The Morgan fingerprint density at radius 3 is 2.43 bits per heavy atom. The number of carboxylic acid groups (broad SMARTS) is 1. The Morgan fingerprint density at radius 2 is 1.96 bits per heavy atom. The summed E-state index contributed by atoms with van der Waals surface area (Å²) in [6, 6.07) is -1.16. The molecule has 2 amide bonds. The van der Waals surface area contributed by atoms with E-state index in [1.807, 2.05) is 0 Å². The van der Waals surface area contributed by atoms with E-state index < -0.39 is 36.5 Å². The lowest BCUT2D eigenvalue weighted by molar-refractivity contribution is -0.150. The number of carboxylic acids is 1. The summed E-state index contributed by atoms with van der Waals surface area (Å²) in [6.45, 7) is -0.0456. The molecule has 1 fully saturated rings. The van der Waals surface area contributed by atoms with E-state index in [2.05, 4.69) is 0 Å². The molecule has 0 aromatic heterocycles. The molecule has 0 spiro atoms. The van der Waals surface area contributed by atoms with Gasteiger partial charge in [0, 0.05) is 13.1 Å². The molecule has 1 heterocycles. The van der Waals surface area contributed by atoms with Gasteiger partial charge in [0.15, 0.2) is 0 Å². The lowest BCUT2D eigenvalue weighted by Crippen LogP contribution is -2.64. The van der Waals surface area contributed by atoms with Crippen LogP contribution in [0.4, 0.5) is 0 Å². The van der Waals surface area contributed by atoms with E-state index in [4.69, 9.17) is 27.2 Å². The largest absolute Gasteiger partial charge is 0.480 e. The molecule has 0 radical (unpaired) electrons. The normalized spacial score (nSPS) is 25.7. The van der Waals surface area contributed by atoms with Crippen molar-refractivity contribution in [3.63, 3.8) is 0 Å². The first kappa shape index (κ1) is 19.4. The number of rotatable bonds is 7. The molecule has 9 N–H and O–H groups in total. The predicted molar refractivity (Wildman–Crippen MR) is 80.6 cm³/mol. The van der Waals surface area contributed by atoms with Crippen LogP contribution in [0.5, 0.6) is 0 Å². The van der Waals surface area contributed by atoms with Crippen molar-refractivity contribution in [3.05, 3.63) is 0 Å². The zero-order valence-corrected chi connectivity index (χ0v) is 12.7. The summed E-state index contributed by atoms with van der Waals surface area (Å²) in [5.74, 6) is -2.92. The highest BCUT2D eigenvalue weighted by Crippen LogP contribution is 2.28. The van der Waals surface area contributed by atoms with Gasteiger partial charge in [-0.3, -0.25) is 14.4 Å². The zero-order chi connectivity index (χ0) is 17.8. The standard InChI is InChI=1S/C12H23BN4O6/c14-8(3-9(15)18)10(19)17-5-7(1-2-13(22)23)4-12(16,6-17)11(20)21/h7-8,22-23H,1-6,14,16H2,(H2,15,18)(H,20,21)/t7-,8-,12+/m0/s1. The third-order valence-corrected chi connectivity index (χ3v) is 3.91. The number of amides is 2. The Balaban J connectivity index is 2.86. The summed E-state index contributed by atoms with van der Waals surface area (Å²) >= 11 is 0. The Hall–Kier alpha value is -1.69. The molecule has 11 heteroatoms. The molecule has 3 atom stereocenters. The number of hydrogen-bond donors (Lipinski definition) is 6. The molecule has 10 nitrogen and oxygen atoms in total. The molecular weight excluding hydrogens is 307 g/mol. The Morgan fingerprint density at radius 1 is 1.35 bits per heavy atom. The van der Waals surface area contributed by atoms with Crippen LogP contribution in [0.15, 0.2) is 0 Å². The molecule has 0 aromatic rings. The van der Waals surface area contributed by atoms with Gasteiger partial charge < -0.3 is 37.3 Å². The first-order chi connectivity index (χ1) is 10.5. The van der Waals surface area contributed by atoms with Crippen molar-refractivity contribution in [2.75, 3.05) is 13.1 Å². The second kappa shape index (κ2) is 7.73. The molecule has 1 rings (SSSR count). The van der Waals surface area contributed by atoms with E-state index in [9.17, 15) is 19.5 Å². The fraction of sp³-hybridized carbons (Fsp3) is 0.750. The smallest absolute Gasteiger partial charge is 0.451 e. The molecular formula is C12H23BN4O6. The zero-order valence-electron chi connectivity index (χ0n) is 12.7. The van der Waals surface area contributed by atoms with Crippen molar-refractivity contribution in [2.24, 2.45) is 23.1 Å². The van der Waals surface area contributed by atoms with Crippen molar-refractivity contribution in [1.29, 1.82) is 0 Å². The van der Waals surface area contributed by atoms with Crippen LogP contribution in [-0.4, -0.2) is 69.6 Å². The van der Waals surface area contributed by atoms with Crippen molar-refractivity contribution in [2.45, 2.75) is 37.2 Å². The summed E-state index contributed by atoms with van der Waals surface area (Å²) in [5.41, 5.74) is 14.9. The second-order valence-corrected chi connectivity index (χ2v) is 6.09. The Bertz CT molecular complexity index is 476. The monoisotopic (exact) mass is 330 g/mol. The highest BCUT2D eigenvalue weighted by molar-refractivity contribution is 6.40. The van der Waals surface area contributed by atoms with Gasteiger partial charge in [-0.25, -0.2) is 0 Å². The summed E-state index contributed by atoms with van der Waals surface area (Å²) in [4.78, 5) is 35.8. The van der Waals surface area contributed by atoms with E-state index in [-0.39, 0.29) is 38.2 Å². The molecule has 0 bridgehead atoms. The highest BCUT2D eigenvalue weighted by Gasteiger charge is 2.44. The molecule has 1 saturated heterocycles. The van der Waals surface area contributed by atoms with Crippen LogP contribution in [0, 0.1) is 5.92 Å². The molecule has 23 heavy (non-hydrogen) atoms. The quantitative estimate of drug-likeness (QED) is 0.261. The second-order valence-electron chi connectivity index (χ2n) is 6.09. The lowest BCUT2D eigenvalue weighted by Gasteiger charge is -2.42. The molecule has 1 aliphatic heterocycles. The van der Waals surface area contributed by atoms with Gasteiger partial charge in [0.1, 0.15) is 5.54 Å². The number of nitrogens with two attached hydrogens (primary N) is 3. The van der Waals surface area contributed by atoms with Crippen LogP contribution in [-0.2, 0) is 14.4 Å². The molecule has 130 valence electrons. The number of hydrogen-bond acceptors (Lipinski definition) is 7. The van der Waals surface area contributed by atoms with Gasteiger partial charge in [0.2, 0.25) is 11.8 Å². The van der Waals surface area contributed by atoms with Crippen LogP contribution in [0.2, 0.25) is 6.32 Å². The maximum absolute atomic E-state index is 12.3. The summed E-state index contributed by atoms with van der Waals surface area (Å²) in [7, 11) is -1.52. The number of carbonyl (C=O) groups excluding carboxylic acids is 2. The van der Waals surface area contributed by atoms with Crippen LogP contribution in [0.25, 0.3) is 0 Å². The molecule has 0 aromatic carbocycles. The summed E-state index contributed by atoms with van der Waals surface area (Å²) in [6.07, 6.45) is 0.0817.